The predicted molar refractivity (Wildman–Crippen MR) is 115 cm³/mol. The molecule has 176 valence electrons. The lowest BCUT2D eigenvalue weighted by molar-refractivity contribution is -0.144. The molecule has 0 unspecified atom stereocenters. The molecule has 0 atom stereocenters. The third-order valence-electron chi connectivity index (χ3n) is 6.80. The molecular weight excluding hydrogens is 423 g/mol. The minimum atomic E-state index is -4.38. The maximum Gasteiger partial charge on any atom is 0.431 e. The summed E-state index contributed by atoms with van der Waals surface area (Å²) in [6.45, 7) is 3.79. The molecule has 3 heterocycles. The van der Waals surface area contributed by atoms with E-state index in [2.05, 4.69) is 4.90 Å². The van der Waals surface area contributed by atoms with Crippen LogP contribution < -0.4 is 4.74 Å². The monoisotopic (exact) mass is 453 g/mol. The van der Waals surface area contributed by atoms with E-state index in [1.54, 1.807) is 29.2 Å². The molecule has 0 saturated carbocycles. The maximum absolute atomic E-state index is 13.4. The molecule has 2 aliphatic rings. The Kier molecular flexibility index (Phi) is 5.98. The molecule has 0 bridgehead atoms. The number of carbonyl (C=O) groups is 1. The molecular formula is C23H30F3N3O3. The number of carbonyl (C=O) groups excluding carboxylic acids is 1. The molecule has 4 rings (SSSR count). The van der Waals surface area contributed by atoms with Gasteiger partial charge in [-0.3, -0.25) is 9.69 Å². The van der Waals surface area contributed by atoms with Crippen molar-refractivity contribution in [1.82, 2.24) is 14.4 Å². The second-order valence-electron chi connectivity index (χ2n) is 8.41. The molecule has 32 heavy (non-hydrogen) atoms. The van der Waals surface area contributed by atoms with Crippen LogP contribution in [0.5, 0.6) is 5.75 Å². The van der Waals surface area contributed by atoms with E-state index in [1.165, 1.54) is 10.6 Å². The second kappa shape index (κ2) is 8.44. The van der Waals surface area contributed by atoms with Crippen LogP contribution in [0.4, 0.5) is 13.2 Å². The molecule has 1 aromatic heterocycles. The summed E-state index contributed by atoms with van der Waals surface area (Å²) < 4.78 is 47.3. The van der Waals surface area contributed by atoms with Gasteiger partial charge in [0.2, 0.25) is 0 Å². The van der Waals surface area contributed by atoms with Crippen molar-refractivity contribution in [2.24, 2.45) is 0 Å². The molecule has 1 spiro atoms. The molecule has 9 heteroatoms. The molecule has 6 nitrogen and oxygen atoms in total. The van der Waals surface area contributed by atoms with Gasteiger partial charge in [-0.15, -0.1) is 0 Å². The average molecular weight is 454 g/mol. The number of rotatable bonds is 4. The van der Waals surface area contributed by atoms with Gasteiger partial charge in [-0.2, -0.15) is 13.2 Å². The number of amides is 1. The Balaban J connectivity index is 0.00000306. The number of benzene rings is 1. The molecule has 0 radical (unpaired) electrons. The summed E-state index contributed by atoms with van der Waals surface area (Å²) in [6.07, 6.45) is -3.27. The fourth-order valence-electron chi connectivity index (χ4n) is 5.03. The number of hydrogen-bond acceptors (Lipinski definition) is 4. The minimum Gasteiger partial charge on any atom is -0.493 e. The van der Waals surface area contributed by atoms with Gasteiger partial charge in [-0.25, -0.2) is 0 Å². The first-order valence-corrected chi connectivity index (χ1v) is 10.9. The van der Waals surface area contributed by atoms with Gasteiger partial charge in [0, 0.05) is 44.4 Å². The lowest BCUT2D eigenvalue weighted by Gasteiger charge is -2.50. The Morgan fingerprint density at radius 2 is 1.88 bits per heavy atom. The Morgan fingerprint density at radius 3 is 2.50 bits per heavy atom. The highest BCUT2D eigenvalue weighted by Gasteiger charge is 2.47. The molecule has 1 saturated heterocycles. The number of aromatic nitrogens is 1. The van der Waals surface area contributed by atoms with Crippen molar-refractivity contribution >= 4 is 5.91 Å². The number of halogens is 3. The number of ether oxygens (including phenoxy) is 1. The molecule has 1 amide bonds. The van der Waals surface area contributed by atoms with Gasteiger partial charge in [-0.1, -0.05) is 6.07 Å². The third kappa shape index (κ3) is 3.77. The van der Waals surface area contributed by atoms with Crippen LogP contribution in [-0.2, 0) is 24.9 Å². The molecule has 1 fully saturated rings. The Labute approximate surface area is 186 Å². The van der Waals surface area contributed by atoms with Gasteiger partial charge >= 0.3 is 6.18 Å². The van der Waals surface area contributed by atoms with Crippen LogP contribution >= 0.6 is 0 Å². The zero-order valence-electron chi connectivity index (χ0n) is 18.3. The van der Waals surface area contributed by atoms with E-state index < -0.39 is 17.4 Å². The van der Waals surface area contributed by atoms with Crippen LogP contribution in [0.25, 0.3) is 0 Å². The van der Waals surface area contributed by atoms with Gasteiger partial charge in [-0.05, 0) is 51.1 Å². The number of aliphatic hydroxyl groups is 1. The zero-order chi connectivity index (χ0) is 23.1. The molecule has 2 aromatic rings. The summed E-state index contributed by atoms with van der Waals surface area (Å²) in [5.41, 5.74) is 0.644. The topological polar surface area (TPSA) is 57.9 Å². The van der Waals surface area contributed by atoms with Gasteiger partial charge in [0.1, 0.15) is 11.4 Å². The maximum atomic E-state index is 13.4. The van der Waals surface area contributed by atoms with E-state index in [0.29, 0.717) is 68.2 Å². The third-order valence-corrected chi connectivity index (χ3v) is 6.80. The lowest BCUT2D eigenvalue weighted by atomic mass is 9.81. The fourth-order valence-corrected chi connectivity index (χ4v) is 5.03. The van der Waals surface area contributed by atoms with E-state index in [4.69, 9.17) is 4.74 Å². The molecule has 1 N–H and O–H groups in total. The predicted octanol–water partition coefficient (Wildman–Crippen LogP) is 3.72. The fraction of sp³-hybridized carbons (Fsp3) is 0.522. The van der Waals surface area contributed by atoms with E-state index in [9.17, 15) is 23.1 Å². The summed E-state index contributed by atoms with van der Waals surface area (Å²) in [4.78, 5) is 17.0. The van der Waals surface area contributed by atoms with Crippen molar-refractivity contribution < 1.29 is 29.2 Å². The first-order chi connectivity index (χ1) is 15.2. The van der Waals surface area contributed by atoms with Crippen LogP contribution in [0.1, 0.15) is 48.5 Å². The van der Waals surface area contributed by atoms with E-state index in [1.807, 2.05) is 14.0 Å². The van der Waals surface area contributed by atoms with E-state index in [-0.39, 0.29) is 13.9 Å². The van der Waals surface area contributed by atoms with Crippen LogP contribution in [0, 0.1) is 0 Å². The standard InChI is InChI=1S/C23H28F3N3O3.H2/c1-3-32-18-14-16(4-5-17(18)15-30)21(31)28-10-8-22(9-11-28)19-6-7-20(23(24,25)26)29(19)13-12-27(22)2;/h4-7,14,30H,3,8-13,15H2,1-2H3;1H. The largest absolute Gasteiger partial charge is 0.493 e. The average Bonchev–Trinajstić information content (AvgIpc) is 3.22. The highest BCUT2D eigenvalue weighted by molar-refractivity contribution is 5.94. The quantitative estimate of drug-likeness (QED) is 0.767. The summed E-state index contributed by atoms with van der Waals surface area (Å²) >= 11 is 0. The zero-order valence-corrected chi connectivity index (χ0v) is 18.3. The van der Waals surface area contributed by atoms with Crippen molar-refractivity contribution in [3.63, 3.8) is 0 Å². The summed E-state index contributed by atoms with van der Waals surface area (Å²) in [6, 6.07) is 7.78. The normalized spacial score (nSPS) is 18.6. The Bertz CT molecular complexity index is 1000. The SMILES string of the molecule is CCOc1cc(C(=O)N2CCC3(CC2)c2ccc(C(F)(F)F)n2CCN3C)ccc1CO.[HH]. The number of piperidine rings is 1. The molecule has 2 aliphatic heterocycles. The number of likely N-dealkylation sites (tertiary alicyclic amines) is 1. The number of nitrogens with zero attached hydrogens (tertiary/aromatic N) is 3. The van der Waals surface area contributed by atoms with Gasteiger partial charge < -0.3 is 19.3 Å². The smallest absolute Gasteiger partial charge is 0.431 e. The van der Waals surface area contributed by atoms with Gasteiger partial charge in [0.15, 0.2) is 0 Å². The summed E-state index contributed by atoms with van der Waals surface area (Å²) in [5.74, 6) is 0.342. The molecule has 1 aromatic carbocycles. The minimum absolute atomic E-state index is 0. The molecule has 0 aliphatic carbocycles. The first kappa shape index (κ1) is 22.7. The van der Waals surface area contributed by atoms with Gasteiger partial charge in [0.25, 0.3) is 5.91 Å². The number of hydrogen-bond donors (Lipinski definition) is 1. The number of alkyl halides is 3. The van der Waals surface area contributed by atoms with Crippen molar-refractivity contribution in [2.45, 2.75) is 44.6 Å². The number of fused-ring (bicyclic) bond motifs is 2. The van der Waals surface area contributed by atoms with Crippen molar-refractivity contribution in [1.29, 1.82) is 0 Å². The highest BCUT2D eigenvalue weighted by Crippen LogP contribution is 2.44. The first-order valence-electron chi connectivity index (χ1n) is 10.9. The van der Waals surface area contributed by atoms with Crippen molar-refractivity contribution in [3.8, 4) is 5.75 Å². The van der Waals surface area contributed by atoms with Crippen LogP contribution in [0.3, 0.4) is 0 Å². The van der Waals surface area contributed by atoms with Crippen LogP contribution in [0.15, 0.2) is 30.3 Å². The van der Waals surface area contributed by atoms with Crippen LogP contribution in [-0.4, -0.2) is 58.7 Å². The van der Waals surface area contributed by atoms with E-state index >= 15 is 0 Å². The summed E-state index contributed by atoms with van der Waals surface area (Å²) in [7, 11) is 1.95. The van der Waals surface area contributed by atoms with Crippen molar-refractivity contribution in [3.05, 3.63) is 52.8 Å². The van der Waals surface area contributed by atoms with Crippen molar-refractivity contribution in [2.75, 3.05) is 33.3 Å². The van der Waals surface area contributed by atoms with Gasteiger partial charge in [0.05, 0.1) is 18.8 Å². The van der Waals surface area contributed by atoms with E-state index in [0.717, 1.165) is 0 Å². The lowest BCUT2D eigenvalue weighted by Crippen LogP contribution is -2.56. The summed E-state index contributed by atoms with van der Waals surface area (Å²) in [5, 5.41) is 9.47. The Morgan fingerprint density at radius 1 is 1.16 bits per heavy atom. The number of likely N-dealkylation sites (N-methyl/N-ethyl adjacent to an activating group) is 1. The second-order valence-corrected chi connectivity index (χ2v) is 8.41. The van der Waals surface area contributed by atoms with Crippen LogP contribution in [0.2, 0.25) is 0 Å². The number of aliphatic hydroxyl groups excluding tert-OH is 1. The highest BCUT2D eigenvalue weighted by atomic mass is 19.4. The Hall–Kier alpha value is -2.52.